The molecule has 0 saturated heterocycles. The molecule has 2 aromatic carbocycles. The van der Waals surface area contributed by atoms with Gasteiger partial charge in [0.05, 0.1) is 0 Å². The molecule has 0 spiro atoms. The molecule has 0 saturated carbocycles. The second-order valence-corrected chi connectivity index (χ2v) is 5.87. The fraction of sp³-hybridized carbons (Fsp3) is 0.381. The highest BCUT2D eigenvalue weighted by atomic mass is 16.5. The zero-order chi connectivity index (χ0) is 18.2. The van der Waals surface area contributed by atoms with E-state index < -0.39 is 6.10 Å². The average Bonchev–Trinajstić information content (AvgIpc) is 2.67. The molecular formula is C21H27NO3. The molecule has 0 aliphatic carbocycles. The highest BCUT2D eigenvalue weighted by Gasteiger charge is 2.21. The smallest absolute Gasteiger partial charge is 0.253 e. The lowest BCUT2D eigenvalue weighted by molar-refractivity contribution is -0.130. The first-order chi connectivity index (χ1) is 12.1. The summed E-state index contributed by atoms with van der Waals surface area (Å²) in [4.78, 5) is 12.1. The molecule has 4 heteroatoms. The zero-order valence-electron chi connectivity index (χ0n) is 15.5. The molecule has 1 N–H and O–H groups in total. The van der Waals surface area contributed by atoms with E-state index in [1.807, 2.05) is 30.3 Å². The van der Waals surface area contributed by atoms with E-state index in [0.717, 1.165) is 29.7 Å². The number of carbonyl (C=O) groups is 1. The predicted molar refractivity (Wildman–Crippen MR) is 99.8 cm³/mol. The van der Waals surface area contributed by atoms with Gasteiger partial charge in [-0.05, 0) is 41.2 Å². The maximum Gasteiger partial charge on any atom is 0.253 e. The van der Waals surface area contributed by atoms with Gasteiger partial charge in [-0.15, -0.1) is 0 Å². The lowest BCUT2D eigenvalue weighted by Crippen LogP contribution is -2.27. The Labute approximate surface area is 150 Å². The lowest BCUT2D eigenvalue weighted by atomic mass is 10.0. The summed E-state index contributed by atoms with van der Waals surface area (Å²) < 4.78 is 11.5. The first-order valence-corrected chi connectivity index (χ1v) is 8.71. The van der Waals surface area contributed by atoms with Gasteiger partial charge < -0.3 is 14.8 Å². The van der Waals surface area contributed by atoms with Crippen LogP contribution in [0, 0.1) is 0 Å². The van der Waals surface area contributed by atoms with Crippen LogP contribution in [0.4, 0.5) is 0 Å². The number of rotatable bonds is 8. The van der Waals surface area contributed by atoms with E-state index in [9.17, 15) is 4.79 Å². The van der Waals surface area contributed by atoms with Crippen LogP contribution in [-0.4, -0.2) is 20.1 Å². The number of hydrogen-bond donors (Lipinski definition) is 1. The highest BCUT2D eigenvalue weighted by Crippen LogP contribution is 2.25. The molecule has 4 nitrogen and oxygen atoms in total. The second-order valence-electron chi connectivity index (χ2n) is 5.87. The van der Waals surface area contributed by atoms with E-state index in [-0.39, 0.29) is 5.91 Å². The van der Waals surface area contributed by atoms with Crippen LogP contribution >= 0.6 is 0 Å². The van der Waals surface area contributed by atoms with Gasteiger partial charge in [0, 0.05) is 14.2 Å². The van der Waals surface area contributed by atoms with Crippen molar-refractivity contribution in [2.45, 2.75) is 39.4 Å². The van der Waals surface area contributed by atoms with E-state index in [1.165, 1.54) is 18.2 Å². The Morgan fingerprint density at radius 1 is 1.08 bits per heavy atom. The van der Waals surface area contributed by atoms with Gasteiger partial charge in [-0.2, -0.15) is 0 Å². The Morgan fingerprint density at radius 2 is 1.84 bits per heavy atom. The van der Waals surface area contributed by atoms with Crippen molar-refractivity contribution in [3.05, 3.63) is 64.7 Å². The summed E-state index contributed by atoms with van der Waals surface area (Å²) in [6.45, 7) is 4.67. The molecule has 0 aliphatic rings. The number of hydrogen-bond acceptors (Lipinski definition) is 3. The molecule has 0 bridgehead atoms. The summed E-state index contributed by atoms with van der Waals surface area (Å²) in [7, 11) is 3.15. The quantitative estimate of drug-likeness (QED) is 0.794. The van der Waals surface area contributed by atoms with Crippen molar-refractivity contribution in [3.8, 4) is 5.75 Å². The van der Waals surface area contributed by atoms with Crippen LogP contribution in [0.1, 0.15) is 42.2 Å². The summed E-state index contributed by atoms with van der Waals surface area (Å²) >= 11 is 0. The van der Waals surface area contributed by atoms with Crippen LogP contribution in [0.15, 0.2) is 42.5 Å². The Balaban J connectivity index is 2.23. The van der Waals surface area contributed by atoms with Crippen LogP contribution in [0.2, 0.25) is 0 Å². The van der Waals surface area contributed by atoms with Crippen molar-refractivity contribution in [2.24, 2.45) is 0 Å². The third-order valence-electron chi connectivity index (χ3n) is 4.36. The molecule has 0 radical (unpaired) electrons. The number of benzene rings is 2. The minimum Gasteiger partial charge on any atom is -0.489 e. The Hall–Kier alpha value is -2.33. The van der Waals surface area contributed by atoms with E-state index >= 15 is 0 Å². The number of ether oxygens (including phenoxy) is 2. The number of amides is 1. The van der Waals surface area contributed by atoms with E-state index in [1.54, 1.807) is 7.05 Å². The van der Waals surface area contributed by atoms with Crippen LogP contribution in [0.25, 0.3) is 0 Å². The second kappa shape index (κ2) is 9.23. The largest absolute Gasteiger partial charge is 0.489 e. The number of carbonyl (C=O) groups excluding carboxylic acids is 1. The van der Waals surface area contributed by atoms with Crippen LogP contribution in [-0.2, 0) is 29.0 Å². The van der Waals surface area contributed by atoms with Crippen LogP contribution in [0.5, 0.6) is 5.75 Å². The Morgan fingerprint density at radius 3 is 2.48 bits per heavy atom. The Bertz CT molecular complexity index is 712. The first kappa shape index (κ1) is 19.0. The van der Waals surface area contributed by atoms with Gasteiger partial charge in [0.25, 0.3) is 5.91 Å². The standard InChI is InChI=1S/C21H27NO3/c1-5-15-11-12-19(16(6-2)13-15)25-14-17-9-7-8-10-18(17)20(24-4)21(23)22-3/h7-13,20H,5-6,14H2,1-4H3,(H,22,23). The number of aryl methyl sites for hydroxylation is 2. The molecule has 0 aromatic heterocycles. The van der Waals surface area contributed by atoms with Crippen molar-refractivity contribution in [3.63, 3.8) is 0 Å². The fourth-order valence-electron chi connectivity index (χ4n) is 2.85. The molecule has 1 unspecified atom stereocenters. The predicted octanol–water partition coefficient (Wildman–Crippen LogP) is 3.82. The van der Waals surface area contributed by atoms with Gasteiger partial charge in [-0.1, -0.05) is 50.2 Å². The van der Waals surface area contributed by atoms with Crippen molar-refractivity contribution in [1.29, 1.82) is 0 Å². The number of nitrogens with one attached hydrogen (secondary N) is 1. The molecule has 0 aliphatic heterocycles. The SMILES string of the molecule is CCc1ccc(OCc2ccccc2C(OC)C(=O)NC)c(CC)c1. The Kier molecular flexibility index (Phi) is 7.02. The fourth-order valence-corrected chi connectivity index (χ4v) is 2.85. The summed E-state index contributed by atoms with van der Waals surface area (Å²) in [6, 6.07) is 14.1. The van der Waals surface area contributed by atoms with Crippen molar-refractivity contribution < 1.29 is 14.3 Å². The van der Waals surface area contributed by atoms with E-state index in [2.05, 4.69) is 31.3 Å². The maximum absolute atomic E-state index is 12.1. The van der Waals surface area contributed by atoms with Gasteiger partial charge in [0.2, 0.25) is 0 Å². The highest BCUT2D eigenvalue weighted by molar-refractivity contribution is 5.82. The molecule has 2 rings (SSSR count). The van der Waals surface area contributed by atoms with Gasteiger partial charge in [-0.25, -0.2) is 0 Å². The van der Waals surface area contributed by atoms with Crippen molar-refractivity contribution >= 4 is 5.91 Å². The molecule has 134 valence electrons. The number of methoxy groups -OCH3 is 1. The van der Waals surface area contributed by atoms with Crippen molar-refractivity contribution in [1.82, 2.24) is 5.32 Å². The molecule has 1 atom stereocenters. The van der Waals surface area contributed by atoms with Crippen LogP contribution < -0.4 is 10.1 Å². The minimum absolute atomic E-state index is 0.170. The van der Waals surface area contributed by atoms with E-state index in [0.29, 0.717) is 6.61 Å². The summed E-state index contributed by atoms with van der Waals surface area (Å²) in [6.07, 6.45) is 1.29. The molecular weight excluding hydrogens is 314 g/mol. The zero-order valence-corrected chi connectivity index (χ0v) is 15.5. The average molecular weight is 341 g/mol. The van der Waals surface area contributed by atoms with Crippen molar-refractivity contribution in [2.75, 3.05) is 14.2 Å². The monoisotopic (exact) mass is 341 g/mol. The van der Waals surface area contributed by atoms with E-state index in [4.69, 9.17) is 9.47 Å². The first-order valence-electron chi connectivity index (χ1n) is 8.71. The van der Waals surface area contributed by atoms with Gasteiger partial charge >= 0.3 is 0 Å². The molecule has 0 heterocycles. The van der Waals surface area contributed by atoms with Gasteiger partial charge in [0.15, 0.2) is 6.10 Å². The van der Waals surface area contributed by atoms with Crippen LogP contribution in [0.3, 0.4) is 0 Å². The lowest BCUT2D eigenvalue weighted by Gasteiger charge is -2.19. The summed E-state index contributed by atoms with van der Waals surface area (Å²) in [5.41, 5.74) is 4.28. The third-order valence-corrected chi connectivity index (χ3v) is 4.36. The summed E-state index contributed by atoms with van der Waals surface area (Å²) in [5, 5.41) is 2.64. The molecule has 2 aromatic rings. The topological polar surface area (TPSA) is 47.6 Å². The minimum atomic E-state index is -0.641. The van der Waals surface area contributed by atoms with Gasteiger partial charge in [-0.3, -0.25) is 4.79 Å². The maximum atomic E-state index is 12.1. The summed E-state index contributed by atoms with van der Waals surface area (Å²) in [5.74, 6) is 0.722. The normalized spacial score (nSPS) is 11.8. The molecule has 25 heavy (non-hydrogen) atoms. The van der Waals surface area contributed by atoms with Gasteiger partial charge in [0.1, 0.15) is 12.4 Å². The molecule has 1 amide bonds. The number of likely N-dealkylation sites (N-methyl/N-ethyl adjacent to an activating group) is 1. The third kappa shape index (κ3) is 4.60. The molecule has 0 fully saturated rings.